The van der Waals surface area contributed by atoms with E-state index in [1.54, 1.807) is 0 Å². The number of aromatic nitrogens is 1. The molecule has 1 rings (SSSR count). The average Bonchev–Trinajstić information content (AvgIpc) is 2.12. The van der Waals surface area contributed by atoms with Crippen molar-refractivity contribution in [1.29, 1.82) is 0 Å². The molecule has 1 aromatic rings. The average molecular weight is 210 g/mol. The SMILES string of the molecule is Cc1cccc(CSCCC(C)N)n1. The molecule has 0 saturated carbocycles. The summed E-state index contributed by atoms with van der Waals surface area (Å²) >= 11 is 1.90. The fraction of sp³-hybridized carbons (Fsp3) is 0.545. The molecule has 3 heteroatoms. The van der Waals surface area contributed by atoms with Crippen LogP contribution in [0.1, 0.15) is 24.7 Å². The molecular weight excluding hydrogens is 192 g/mol. The highest BCUT2D eigenvalue weighted by molar-refractivity contribution is 7.98. The predicted molar refractivity (Wildman–Crippen MR) is 63.4 cm³/mol. The maximum Gasteiger partial charge on any atom is 0.0505 e. The van der Waals surface area contributed by atoms with E-state index in [1.807, 2.05) is 31.7 Å². The summed E-state index contributed by atoms with van der Waals surface area (Å²) < 4.78 is 0. The number of nitrogens with two attached hydrogens (primary N) is 1. The van der Waals surface area contributed by atoms with Crippen molar-refractivity contribution in [2.24, 2.45) is 5.73 Å². The van der Waals surface area contributed by atoms with E-state index in [0.717, 1.165) is 23.6 Å². The monoisotopic (exact) mass is 210 g/mol. The Morgan fingerprint density at radius 3 is 2.93 bits per heavy atom. The van der Waals surface area contributed by atoms with Gasteiger partial charge in [-0.3, -0.25) is 4.98 Å². The van der Waals surface area contributed by atoms with Gasteiger partial charge in [-0.1, -0.05) is 6.07 Å². The van der Waals surface area contributed by atoms with Gasteiger partial charge in [0, 0.05) is 17.5 Å². The largest absolute Gasteiger partial charge is 0.328 e. The van der Waals surface area contributed by atoms with Crippen LogP contribution in [0.2, 0.25) is 0 Å². The van der Waals surface area contributed by atoms with Crippen molar-refractivity contribution in [2.45, 2.75) is 32.1 Å². The zero-order valence-electron chi connectivity index (χ0n) is 8.86. The molecule has 0 amide bonds. The predicted octanol–water partition coefficient (Wildman–Crippen LogP) is 2.36. The van der Waals surface area contributed by atoms with Gasteiger partial charge in [0.1, 0.15) is 0 Å². The highest BCUT2D eigenvalue weighted by atomic mass is 32.2. The van der Waals surface area contributed by atoms with Crippen LogP contribution in [0.15, 0.2) is 18.2 Å². The molecule has 1 unspecified atom stereocenters. The molecule has 78 valence electrons. The summed E-state index contributed by atoms with van der Waals surface area (Å²) in [4.78, 5) is 4.44. The van der Waals surface area contributed by atoms with Gasteiger partial charge in [-0.25, -0.2) is 0 Å². The molecular formula is C11H18N2S. The van der Waals surface area contributed by atoms with Crippen molar-refractivity contribution in [3.8, 4) is 0 Å². The molecule has 0 aromatic carbocycles. The maximum atomic E-state index is 5.67. The van der Waals surface area contributed by atoms with Crippen LogP contribution >= 0.6 is 11.8 Å². The molecule has 2 N–H and O–H groups in total. The maximum absolute atomic E-state index is 5.67. The van der Waals surface area contributed by atoms with Gasteiger partial charge in [-0.05, 0) is 38.2 Å². The Hall–Kier alpha value is -0.540. The number of rotatable bonds is 5. The van der Waals surface area contributed by atoms with Gasteiger partial charge in [0.25, 0.3) is 0 Å². The molecule has 1 atom stereocenters. The molecule has 0 aliphatic rings. The van der Waals surface area contributed by atoms with E-state index in [9.17, 15) is 0 Å². The summed E-state index contributed by atoms with van der Waals surface area (Å²) in [5.41, 5.74) is 7.93. The lowest BCUT2D eigenvalue weighted by Gasteiger charge is -2.04. The second-order valence-corrected chi connectivity index (χ2v) is 4.69. The van der Waals surface area contributed by atoms with Crippen molar-refractivity contribution < 1.29 is 0 Å². The minimum atomic E-state index is 0.313. The molecule has 0 aliphatic carbocycles. The number of aryl methyl sites for hydroxylation is 1. The van der Waals surface area contributed by atoms with E-state index in [2.05, 4.69) is 17.1 Å². The first-order valence-electron chi connectivity index (χ1n) is 4.94. The van der Waals surface area contributed by atoms with Crippen LogP contribution < -0.4 is 5.73 Å². The number of thioether (sulfide) groups is 1. The van der Waals surface area contributed by atoms with Crippen LogP contribution in [0.5, 0.6) is 0 Å². The summed E-state index contributed by atoms with van der Waals surface area (Å²) in [5.74, 6) is 2.11. The van der Waals surface area contributed by atoms with Crippen molar-refractivity contribution >= 4 is 11.8 Å². The fourth-order valence-electron chi connectivity index (χ4n) is 1.13. The zero-order valence-corrected chi connectivity index (χ0v) is 9.68. The van der Waals surface area contributed by atoms with Crippen LogP contribution in [0.4, 0.5) is 0 Å². The van der Waals surface area contributed by atoms with Crippen LogP contribution in [-0.2, 0) is 5.75 Å². The second kappa shape index (κ2) is 6.04. The minimum absolute atomic E-state index is 0.313. The summed E-state index contributed by atoms with van der Waals surface area (Å²) in [7, 11) is 0. The topological polar surface area (TPSA) is 38.9 Å². The first kappa shape index (κ1) is 11.5. The van der Waals surface area contributed by atoms with Gasteiger partial charge >= 0.3 is 0 Å². The van der Waals surface area contributed by atoms with Gasteiger partial charge in [-0.15, -0.1) is 0 Å². The van der Waals surface area contributed by atoms with Crippen molar-refractivity contribution in [3.63, 3.8) is 0 Å². The van der Waals surface area contributed by atoms with E-state index in [0.29, 0.717) is 6.04 Å². The quantitative estimate of drug-likeness (QED) is 0.758. The van der Waals surface area contributed by atoms with Crippen LogP contribution in [-0.4, -0.2) is 16.8 Å². The Morgan fingerprint density at radius 1 is 1.50 bits per heavy atom. The van der Waals surface area contributed by atoms with Gasteiger partial charge in [-0.2, -0.15) is 11.8 Å². The molecule has 0 spiro atoms. The molecule has 0 radical (unpaired) electrons. The minimum Gasteiger partial charge on any atom is -0.328 e. The van der Waals surface area contributed by atoms with E-state index in [1.165, 1.54) is 5.69 Å². The molecule has 0 fully saturated rings. The smallest absolute Gasteiger partial charge is 0.0505 e. The van der Waals surface area contributed by atoms with Gasteiger partial charge in [0.15, 0.2) is 0 Å². The normalized spacial score (nSPS) is 12.8. The van der Waals surface area contributed by atoms with Crippen LogP contribution in [0.3, 0.4) is 0 Å². The summed E-state index contributed by atoms with van der Waals surface area (Å²) in [6, 6.07) is 6.47. The van der Waals surface area contributed by atoms with E-state index in [-0.39, 0.29) is 0 Å². The number of hydrogen-bond donors (Lipinski definition) is 1. The lowest BCUT2D eigenvalue weighted by Crippen LogP contribution is -2.15. The lowest BCUT2D eigenvalue weighted by molar-refractivity contribution is 0.721. The standard InChI is InChI=1S/C11H18N2S/c1-9(12)6-7-14-8-11-5-3-4-10(2)13-11/h3-5,9H,6-8,12H2,1-2H3. The Labute approximate surface area is 90.3 Å². The lowest BCUT2D eigenvalue weighted by atomic mass is 10.3. The first-order chi connectivity index (χ1) is 6.68. The number of hydrogen-bond acceptors (Lipinski definition) is 3. The zero-order chi connectivity index (χ0) is 10.4. The highest BCUT2D eigenvalue weighted by Crippen LogP contribution is 2.11. The Bertz CT molecular complexity index is 274. The molecule has 1 aromatic heterocycles. The van der Waals surface area contributed by atoms with Crippen LogP contribution in [0, 0.1) is 6.92 Å². The van der Waals surface area contributed by atoms with Crippen molar-refractivity contribution in [1.82, 2.24) is 4.98 Å². The Balaban J connectivity index is 2.25. The Kier molecular flexibility index (Phi) is 4.98. The summed E-state index contributed by atoms with van der Waals surface area (Å²) in [5, 5.41) is 0. The van der Waals surface area contributed by atoms with Gasteiger partial charge < -0.3 is 5.73 Å². The third-order valence-electron chi connectivity index (χ3n) is 1.91. The fourth-order valence-corrected chi connectivity index (χ4v) is 2.18. The second-order valence-electron chi connectivity index (χ2n) is 3.59. The van der Waals surface area contributed by atoms with Crippen molar-refractivity contribution in [3.05, 3.63) is 29.6 Å². The van der Waals surface area contributed by atoms with E-state index in [4.69, 9.17) is 5.73 Å². The first-order valence-corrected chi connectivity index (χ1v) is 6.10. The molecule has 0 saturated heterocycles. The molecule has 2 nitrogen and oxygen atoms in total. The summed E-state index contributed by atoms with van der Waals surface area (Å²) in [6.07, 6.45) is 1.08. The van der Waals surface area contributed by atoms with Gasteiger partial charge in [0.05, 0.1) is 5.69 Å². The van der Waals surface area contributed by atoms with E-state index < -0.39 is 0 Å². The number of nitrogens with zero attached hydrogens (tertiary/aromatic N) is 1. The molecule has 0 aliphatic heterocycles. The van der Waals surface area contributed by atoms with E-state index >= 15 is 0 Å². The molecule has 14 heavy (non-hydrogen) atoms. The third-order valence-corrected chi connectivity index (χ3v) is 2.94. The van der Waals surface area contributed by atoms with Gasteiger partial charge in [0.2, 0.25) is 0 Å². The Morgan fingerprint density at radius 2 is 2.29 bits per heavy atom. The van der Waals surface area contributed by atoms with Crippen molar-refractivity contribution in [2.75, 3.05) is 5.75 Å². The molecule has 1 heterocycles. The van der Waals surface area contributed by atoms with Crippen LogP contribution in [0.25, 0.3) is 0 Å². The molecule has 0 bridgehead atoms. The highest BCUT2D eigenvalue weighted by Gasteiger charge is 1.97. The third kappa shape index (κ3) is 4.63. The summed E-state index contributed by atoms with van der Waals surface area (Å²) in [6.45, 7) is 4.07. The number of pyridine rings is 1.